The zero-order valence-corrected chi connectivity index (χ0v) is 36.8. The molecule has 0 atom stereocenters. The molecule has 1 amide bonds. The molecule has 0 radical (unpaired) electrons. The molecule has 0 aliphatic carbocycles. The lowest BCUT2D eigenvalue weighted by Gasteiger charge is -2.41. The van der Waals surface area contributed by atoms with Crippen molar-refractivity contribution in [3.63, 3.8) is 0 Å². The van der Waals surface area contributed by atoms with Gasteiger partial charge in [-0.1, -0.05) is 90.8 Å². The summed E-state index contributed by atoms with van der Waals surface area (Å²) in [6.07, 6.45) is -5.34. The van der Waals surface area contributed by atoms with Crippen LogP contribution in [0.15, 0.2) is 60.7 Å². The highest BCUT2D eigenvalue weighted by Crippen LogP contribution is 2.39. The zero-order chi connectivity index (χ0) is 45.3. The number of Topliss-reactive ketones (excluding diaryl/α,β-unsaturated/α-hetero) is 2. The second-order valence-corrected chi connectivity index (χ2v) is 15.7. The molecular formula is C42H49Cl3F6N6O5. The van der Waals surface area contributed by atoms with Crippen LogP contribution in [0.2, 0.25) is 10.0 Å². The van der Waals surface area contributed by atoms with Crippen LogP contribution in [0.5, 0.6) is 0 Å². The molecule has 2 aliphatic heterocycles. The van der Waals surface area contributed by atoms with Crippen molar-refractivity contribution < 1.29 is 50.6 Å². The summed E-state index contributed by atoms with van der Waals surface area (Å²) in [5.41, 5.74) is -1.12. The van der Waals surface area contributed by atoms with E-state index in [0.29, 0.717) is 42.8 Å². The predicted octanol–water partition coefficient (Wildman–Crippen LogP) is 9.06. The number of likely N-dealkylation sites (tertiary alicyclic amines) is 1. The summed E-state index contributed by atoms with van der Waals surface area (Å²) in [4.78, 5) is 49.6. The maximum atomic E-state index is 13.0. The molecule has 2 N–H and O–H groups in total. The minimum atomic E-state index is -4.68. The highest BCUT2D eigenvalue weighted by Gasteiger charge is 2.44. The average molecular weight is 938 g/mol. The van der Waals surface area contributed by atoms with E-state index in [9.17, 15) is 45.5 Å². The monoisotopic (exact) mass is 936 g/mol. The lowest BCUT2D eigenvalue weighted by Crippen LogP contribution is -2.49. The van der Waals surface area contributed by atoms with E-state index in [2.05, 4.69) is 27.6 Å². The number of aromatic nitrogens is 4. The molecule has 2 aromatic carbocycles. The molecule has 0 bridgehead atoms. The van der Waals surface area contributed by atoms with E-state index in [0.717, 1.165) is 42.6 Å². The summed E-state index contributed by atoms with van der Waals surface area (Å²) in [6, 6.07) is 19.8. The van der Waals surface area contributed by atoms with Crippen LogP contribution < -0.4 is 5.32 Å². The van der Waals surface area contributed by atoms with Crippen LogP contribution in [0.4, 0.5) is 26.3 Å². The molecule has 0 unspecified atom stereocenters. The third-order valence-electron chi connectivity index (χ3n) is 11.1. The maximum absolute atomic E-state index is 13.0. The Balaban J connectivity index is 0.000000276. The number of benzene rings is 2. The molecule has 6 rings (SSSR count). The van der Waals surface area contributed by atoms with Crippen molar-refractivity contribution >= 4 is 59.1 Å². The van der Waals surface area contributed by atoms with E-state index < -0.39 is 51.7 Å². The first-order valence-corrected chi connectivity index (χ1v) is 20.3. The van der Waals surface area contributed by atoms with Gasteiger partial charge in [-0.15, -0.1) is 12.4 Å². The molecule has 20 heteroatoms. The second-order valence-electron chi connectivity index (χ2n) is 15.0. The van der Waals surface area contributed by atoms with Crippen molar-refractivity contribution in [1.29, 1.82) is 0 Å². The highest BCUT2D eigenvalue weighted by molar-refractivity contribution is 6.32. The molecule has 11 nitrogen and oxygen atoms in total. The number of rotatable bonds is 10. The van der Waals surface area contributed by atoms with Gasteiger partial charge in [0.05, 0.1) is 32.3 Å². The normalized spacial score (nSPS) is 15.8. The number of nitrogens with zero attached hydrogens (tertiary/aromatic N) is 5. The maximum Gasteiger partial charge on any atom is 0.436 e. The minimum absolute atomic E-state index is 0. The van der Waals surface area contributed by atoms with E-state index >= 15 is 0 Å². The Kier molecular flexibility index (Phi) is 18.2. The van der Waals surface area contributed by atoms with Crippen LogP contribution in [0.25, 0.3) is 0 Å². The fourth-order valence-corrected chi connectivity index (χ4v) is 8.10. The highest BCUT2D eigenvalue weighted by atomic mass is 35.5. The number of alkyl halides is 6. The van der Waals surface area contributed by atoms with E-state index in [4.69, 9.17) is 28.3 Å². The van der Waals surface area contributed by atoms with Crippen LogP contribution >= 0.6 is 35.6 Å². The zero-order valence-electron chi connectivity index (χ0n) is 34.5. The van der Waals surface area contributed by atoms with Crippen molar-refractivity contribution in [1.82, 2.24) is 29.8 Å². The molecule has 0 spiro atoms. The SMILES string of the molecule is CC(=O)C1(c2ccccc2)CCNCC1.CCCC(=O)C1(c2ccccc2)CCN(C(=O)Cn2nc(C(F)(F)F)c(Cl)c2C)CC1.Cc1c(Cl)c(C(F)(F)F)nn1CC(=O)O.Cl. The fraction of sp³-hybridized carbons (Fsp3) is 0.476. The number of nitrogens with one attached hydrogen (secondary N) is 1. The first kappa shape index (κ1) is 51.9. The summed E-state index contributed by atoms with van der Waals surface area (Å²) >= 11 is 11.2. The summed E-state index contributed by atoms with van der Waals surface area (Å²) < 4.78 is 77.6. The number of carboxylic acids is 1. The van der Waals surface area contributed by atoms with Crippen molar-refractivity contribution in [2.24, 2.45) is 0 Å². The number of carbonyl (C=O) groups excluding carboxylic acids is 3. The molecule has 340 valence electrons. The summed E-state index contributed by atoms with van der Waals surface area (Å²) in [6.45, 7) is 7.95. The minimum Gasteiger partial charge on any atom is -0.480 e. The Morgan fingerprint density at radius 1 is 0.726 bits per heavy atom. The Hall–Kier alpha value is -4.45. The van der Waals surface area contributed by atoms with E-state index in [1.54, 1.807) is 11.8 Å². The van der Waals surface area contributed by atoms with Gasteiger partial charge in [0, 0.05) is 19.5 Å². The van der Waals surface area contributed by atoms with Gasteiger partial charge in [0.2, 0.25) is 5.91 Å². The standard InChI is InChI=1S/C22H25ClF3N3O2.C13H17NO.C7H6ClF3N2O2.ClH/c1-3-7-17(30)21(16-8-5-4-6-9-16)10-12-28(13-11-21)18(31)14-29-15(2)19(23)20(27-29)22(24,25)26;1-11(15)13(7-9-14-10-8-13)12-5-3-2-4-6-12;1-3-5(8)6(7(9,10)11)12-13(3)2-4(14)15;/h4-6,8-9H,3,7,10-14H2,1-2H3;2-6,14H,7-10H2,1H3;2H2,1H3,(H,14,15);1H. The van der Waals surface area contributed by atoms with Gasteiger partial charge in [-0.25, -0.2) is 0 Å². The number of carboxylic acid groups (broad SMARTS) is 1. The third-order valence-corrected chi connectivity index (χ3v) is 12.0. The van der Waals surface area contributed by atoms with Crippen molar-refractivity contribution in [3.05, 3.63) is 105 Å². The number of hydrogen-bond donors (Lipinski definition) is 2. The summed E-state index contributed by atoms with van der Waals surface area (Å²) in [5, 5.41) is 17.3. The Morgan fingerprint density at radius 2 is 1.15 bits per heavy atom. The summed E-state index contributed by atoms with van der Waals surface area (Å²) in [5.74, 6) is -1.17. The fourth-order valence-electron chi connectivity index (χ4n) is 7.62. The first-order chi connectivity index (χ1) is 28.6. The molecule has 62 heavy (non-hydrogen) atoms. The molecule has 2 fully saturated rings. The molecule has 2 aromatic heterocycles. The van der Waals surface area contributed by atoms with Crippen molar-refractivity contribution in [3.8, 4) is 0 Å². The quantitative estimate of drug-likeness (QED) is 0.150. The van der Waals surface area contributed by atoms with Crippen LogP contribution in [-0.2, 0) is 55.5 Å². The number of ketones is 2. The number of carbonyl (C=O) groups is 4. The van der Waals surface area contributed by atoms with Gasteiger partial charge in [-0.05, 0) is 77.1 Å². The second kappa shape index (κ2) is 21.8. The number of halogens is 9. The molecular weight excluding hydrogens is 889 g/mol. The van der Waals surface area contributed by atoms with E-state index in [-0.39, 0.29) is 47.4 Å². The molecule has 4 heterocycles. The van der Waals surface area contributed by atoms with Crippen LogP contribution in [0.3, 0.4) is 0 Å². The third kappa shape index (κ3) is 12.2. The lowest BCUT2D eigenvalue weighted by molar-refractivity contribution is -0.143. The molecule has 2 saturated heterocycles. The Morgan fingerprint density at radius 3 is 1.52 bits per heavy atom. The lowest BCUT2D eigenvalue weighted by atomic mass is 9.68. The van der Waals surface area contributed by atoms with Crippen LogP contribution in [0, 0.1) is 13.8 Å². The predicted molar refractivity (Wildman–Crippen MR) is 224 cm³/mol. The van der Waals surface area contributed by atoms with Crippen molar-refractivity contribution in [2.75, 3.05) is 26.2 Å². The molecule has 2 aliphatic rings. The molecule has 4 aromatic rings. The van der Waals surface area contributed by atoms with Gasteiger partial charge in [-0.3, -0.25) is 28.5 Å². The van der Waals surface area contributed by atoms with Gasteiger partial charge in [0.25, 0.3) is 0 Å². The van der Waals surface area contributed by atoms with Crippen molar-refractivity contribution in [2.45, 2.75) is 102 Å². The number of piperidine rings is 2. The Labute approximate surface area is 371 Å². The average Bonchev–Trinajstić information content (AvgIpc) is 3.68. The van der Waals surface area contributed by atoms with Crippen LogP contribution in [0.1, 0.15) is 86.3 Å². The molecule has 0 saturated carbocycles. The van der Waals surface area contributed by atoms with E-state index in [1.165, 1.54) is 19.4 Å². The van der Waals surface area contributed by atoms with E-state index in [1.807, 2.05) is 55.5 Å². The Bertz CT molecular complexity index is 2150. The summed E-state index contributed by atoms with van der Waals surface area (Å²) in [7, 11) is 0. The largest absolute Gasteiger partial charge is 0.480 e. The first-order valence-electron chi connectivity index (χ1n) is 19.5. The number of hydrogen-bond acceptors (Lipinski definition) is 7. The van der Waals surface area contributed by atoms with Gasteiger partial charge < -0.3 is 15.3 Å². The topological polar surface area (TPSA) is 139 Å². The van der Waals surface area contributed by atoms with Crippen LogP contribution in [-0.4, -0.2) is 79.2 Å². The van der Waals surface area contributed by atoms with Gasteiger partial charge in [0.1, 0.15) is 24.7 Å². The van der Waals surface area contributed by atoms with Gasteiger partial charge in [-0.2, -0.15) is 36.5 Å². The van der Waals surface area contributed by atoms with Gasteiger partial charge in [0.15, 0.2) is 11.4 Å². The smallest absolute Gasteiger partial charge is 0.436 e. The number of aliphatic carboxylic acids is 1. The van der Waals surface area contributed by atoms with Gasteiger partial charge >= 0.3 is 18.3 Å². The number of amides is 1.